The third-order valence-electron chi connectivity index (χ3n) is 5.07. The van der Waals surface area contributed by atoms with Crippen molar-refractivity contribution in [3.8, 4) is 11.5 Å². The number of fused-ring (bicyclic) bond motifs is 1. The van der Waals surface area contributed by atoms with E-state index in [1.165, 1.54) is 0 Å². The van der Waals surface area contributed by atoms with Gasteiger partial charge < -0.3 is 14.8 Å². The molecule has 3 rings (SSSR count). The highest BCUT2D eigenvalue weighted by Gasteiger charge is 2.38. The van der Waals surface area contributed by atoms with Crippen molar-refractivity contribution in [2.24, 2.45) is 0 Å². The van der Waals surface area contributed by atoms with Crippen LogP contribution in [0.2, 0.25) is 5.02 Å². The lowest BCUT2D eigenvalue weighted by molar-refractivity contribution is -0.124. The van der Waals surface area contributed by atoms with Gasteiger partial charge in [-0.25, -0.2) is 0 Å². The number of benzene rings is 2. The van der Waals surface area contributed by atoms with Gasteiger partial charge in [-0.2, -0.15) is 0 Å². The van der Waals surface area contributed by atoms with Crippen LogP contribution in [-0.4, -0.2) is 18.1 Å². The monoisotopic (exact) mass is 451 g/mol. The molecule has 6 heteroatoms. The average molecular weight is 453 g/mol. The number of halogens is 2. The van der Waals surface area contributed by atoms with Crippen LogP contribution >= 0.6 is 27.5 Å². The number of para-hydroxylation sites is 1. The van der Waals surface area contributed by atoms with E-state index in [-0.39, 0.29) is 24.2 Å². The van der Waals surface area contributed by atoms with E-state index in [9.17, 15) is 4.79 Å². The first-order valence-electron chi connectivity index (χ1n) is 9.11. The second-order valence-electron chi connectivity index (χ2n) is 6.72. The first-order valence-corrected chi connectivity index (χ1v) is 10.3. The zero-order valence-electron chi connectivity index (χ0n) is 15.4. The molecule has 2 aromatic carbocycles. The molecule has 0 unspecified atom stereocenters. The Morgan fingerprint density at radius 1 is 1.30 bits per heavy atom. The van der Waals surface area contributed by atoms with Gasteiger partial charge in [-0.1, -0.05) is 59.6 Å². The summed E-state index contributed by atoms with van der Waals surface area (Å²) in [6.45, 7) is 4.15. The number of hydrogen-bond donors (Lipinski definition) is 1. The molecule has 2 aromatic rings. The Bertz CT molecular complexity index is 823. The van der Waals surface area contributed by atoms with E-state index in [1.54, 1.807) is 12.1 Å². The molecule has 1 heterocycles. The molecule has 0 spiro atoms. The molecule has 1 atom stereocenters. The summed E-state index contributed by atoms with van der Waals surface area (Å²) >= 11 is 9.49. The Labute approximate surface area is 173 Å². The van der Waals surface area contributed by atoms with E-state index >= 15 is 0 Å². The first kappa shape index (κ1) is 20.0. The van der Waals surface area contributed by atoms with Crippen molar-refractivity contribution in [3.05, 3.63) is 57.5 Å². The minimum absolute atomic E-state index is 0.0911. The highest BCUT2D eigenvalue weighted by atomic mass is 79.9. The van der Waals surface area contributed by atoms with Gasteiger partial charge >= 0.3 is 0 Å². The van der Waals surface area contributed by atoms with Crippen LogP contribution in [0.1, 0.15) is 44.7 Å². The van der Waals surface area contributed by atoms with Gasteiger partial charge in [-0.3, -0.25) is 4.79 Å². The average Bonchev–Trinajstić information content (AvgIpc) is 2.67. The smallest absolute Gasteiger partial charge is 0.258 e. The third kappa shape index (κ3) is 4.58. The van der Waals surface area contributed by atoms with E-state index < -0.39 is 0 Å². The summed E-state index contributed by atoms with van der Waals surface area (Å²) in [5.41, 5.74) is 0.743. The topological polar surface area (TPSA) is 47.6 Å². The summed E-state index contributed by atoms with van der Waals surface area (Å²) in [6, 6.07) is 13.1. The van der Waals surface area contributed by atoms with Crippen LogP contribution in [-0.2, 0) is 4.79 Å². The molecule has 1 aliphatic heterocycles. The summed E-state index contributed by atoms with van der Waals surface area (Å²) < 4.78 is 12.7. The second kappa shape index (κ2) is 8.53. The molecule has 1 N–H and O–H groups in total. The van der Waals surface area contributed by atoms with Gasteiger partial charge in [-0.15, -0.1) is 0 Å². The zero-order chi connectivity index (χ0) is 19.4. The molecule has 27 heavy (non-hydrogen) atoms. The van der Waals surface area contributed by atoms with Crippen molar-refractivity contribution in [2.45, 2.75) is 44.8 Å². The summed E-state index contributed by atoms with van der Waals surface area (Å²) in [5, 5.41) is 3.57. The predicted octanol–water partition coefficient (Wildman–Crippen LogP) is 5.68. The zero-order valence-corrected chi connectivity index (χ0v) is 17.8. The molecule has 0 aromatic heterocycles. The Balaban J connectivity index is 1.70. The number of hydrogen-bond acceptors (Lipinski definition) is 3. The van der Waals surface area contributed by atoms with E-state index in [0.717, 1.165) is 35.0 Å². The van der Waals surface area contributed by atoms with Crippen LogP contribution < -0.4 is 14.8 Å². The number of nitrogens with one attached hydrogen (secondary N) is 1. The Hall–Kier alpha value is -1.72. The van der Waals surface area contributed by atoms with Crippen LogP contribution in [0.5, 0.6) is 11.5 Å². The van der Waals surface area contributed by atoms with Crippen LogP contribution in [0.15, 0.2) is 46.9 Å². The summed E-state index contributed by atoms with van der Waals surface area (Å²) in [7, 11) is 0. The van der Waals surface area contributed by atoms with Gasteiger partial charge in [-0.05, 0) is 37.1 Å². The normalized spacial score (nSPS) is 17.6. The van der Waals surface area contributed by atoms with Crippen LogP contribution in [0.25, 0.3) is 0 Å². The van der Waals surface area contributed by atoms with Gasteiger partial charge in [0.05, 0.1) is 11.1 Å². The minimum Gasteiger partial charge on any atom is -0.487 e. The van der Waals surface area contributed by atoms with Crippen LogP contribution in [0.3, 0.4) is 0 Å². The molecule has 1 amide bonds. The van der Waals surface area contributed by atoms with Crippen molar-refractivity contribution in [1.29, 1.82) is 0 Å². The fourth-order valence-corrected chi connectivity index (χ4v) is 4.13. The van der Waals surface area contributed by atoms with E-state index in [1.807, 2.05) is 30.3 Å². The van der Waals surface area contributed by atoms with Crippen molar-refractivity contribution in [1.82, 2.24) is 5.32 Å². The molecular weight excluding hydrogens is 430 g/mol. The van der Waals surface area contributed by atoms with Crippen LogP contribution in [0.4, 0.5) is 0 Å². The van der Waals surface area contributed by atoms with Crippen LogP contribution in [0, 0.1) is 0 Å². The minimum atomic E-state index is -0.262. The largest absolute Gasteiger partial charge is 0.487 e. The van der Waals surface area contributed by atoms with Gasteiger partial charge in [0.15, 0.2) is 6.61 Å². The van der Waals surface area contributed by atoms with Crippen molar-refractivity contribution in [3.63, 3.8) is 0 Å². The quantitative estimate of drug-likeness (QED) is 0.613. The number of carbonyl (C=O) groups is 1. The van der Waals surface area contributed by atoms with E-state index in [0.29, 0.717) is 10.8 Å². The molecule has 4 nitrogen and oxygen atoms in total. The maximum absolute atomic E-state index is 12.5. The van der Waals surface area contributed by atoms with Gasteiger partial charge in [0, 0.05) is 16.5 Å². The molecule has 0 radical (unpaired) electrons. The lowest BCUT2D eigenvalue weighted by Crippen LogP contribution is -2.45. The third-order valence-corrected chi connectivity index (χ3v) is 5.86. The second-order valence-corrected chi connectivity index (χ2v) is 8.04. The molecule has 144 valence electrons. The Morgan fingerprint density at radius 2 is 2.04 bits per heavy atom. The SMILES string of the molecule is CCC1(CC)C[C@@H](NC(=O)COc2ccc(Br)cc2Cl)c2ccccc2O1. The highest BCUT2D eigenvalue weighted by Crippen LogP contribution is 2.42. The fraction of sp³-hybridized carbons (Fsp3) is 0.381. The molecular formula is C21H23BrClNO3. The molecule has 0 fully saturated rings. The molecule has 0 saturated carbocycles. The maximum Gasteiger partial charge on any atom is 0.258 e. The van der Waals surface area contributed by atoms with Crippen molar-refractivity contribution >= 4 is 33.4 Å². The highest BCUT2D eigenvalue weighted by molar-refractivity contribution is 9.10. The molecule has 1 aliphatic rings. The van der Waals surface area contributed by atoms with Crippen molar-refractivity contribution in [2.75, 3.05) is 6.61 Å². The fourth-order valence-electron chi connectivity index (χ4n) is 3.40. The number of amides is 1. The molecule has 0 bridgehead atoms. The predicted molar refractivity (Wildman–Crippen MR) is 111 cm³/mol. The molecule has 0 aliphatic carbocycles. The van der Waals surface area contributed by atoms with Gasteiger partial charge in [0.1, 0.15) is 17.1 Å². The van der Waals surface area contributed by atoms with Gasteiger partial charge in [0.25, 0.3) is 5.91 Å². The summed E-state index contributed by atoms with van der Waals surface area (Å²) in [5.74, 6) is 1.14. The van der Waals surface area contributed by atoms with E-state index in [4.69, 9.17) is 21.1 Å². The lowest BCUT2D eigenvalue weighted by atomic mass is 9.83. The Morgan fingerprint density at radius 3 is 2.74 bits per heavy atom. The van der Waals surface area contributed by atoms with E-state index in [2.05, 4.69) is 35.1 Å². The summed E-state index contributed by atoms with van der Waals surface area (Å²) in [6.07, 6.45) is 2.51. The number of carbonyl (C=O) groups excluding carboxylic acids is 1. The van der Waals surface area contributed by atoms with Crippen molar-refractivity contribution < 1.29 is 14.3 Å². The standard InChI is InChI=1S/C21H23BrClNO3/c1-3-21(4-2)12-17(15-7-5-6-8-18(15)27-21)24-20(25)13-26-19-10-9-14(22)11-16(19)23/h5-11,17H,3-4,12-13H2,1-2H3,(H,24,25)/t17-/m1/s1. The maximum atomic E-state index is 12.5. The van der Waals surface area contributed by atoms with Gasteiger partial charge in [0.2, 0.25) is 0 Å². The number of rotatable bonds is 6. The first-order chi connectivity index (χ1) is 13.0. The molecule has 0 saturated heterocycles. The number of ether oxygens (including phenoxy) is 2. The Kier molecular flexibility index (Phi) is 6.33. The summed E-state index contributed by atoms with van der Waals surface area (Å²) in [4.78, 5) is 12.5. The lowest BCUT2D eigenvalue weighted by Gasteiger charge is -2.41.